The molecule has 20 heavy (non-hydrogen) atoms. The molecule has 0 aliphatic rings. The Kier molecular flexibility index (Phi) is 4.56. The molecule has 2 aromatic rings. The third-order valence-corrected chi connectivity index (χ3v) is 3.17. The fourth-order valence-electron chi connectivity index (χ4n) is 2.25. The number of nitrogens with zero attached hydrogens (tertiary/aromatic N) is 3. The molecule has 4 nitrogen and oxygen atoms in total. The Bertz CT molecular complexity index is 580. The molecule has 0 saturated carbocycles. The number of aryl methyl sites for hydroxylation is 2. The second-order valence-corrected chi connectivity index (χ2v) is 4.75. The van der Waals surface area contributed by atoms with E-state index in [1.54, 1.807) is 0 Å². The van der Waals surface area contributed by atoms with E-state index in [0.29, 0.717) is 5.95 Å². The van der Waals surface area contributed by atoms with Crippen LogP contribution in [0.4, 0.5) is 17.5 Å². The van der Waals surface area contributed by atoms with Crippen molar-refractivity contribution in [3.8, 4) is 0 Å². The van der Waals surface area contributed by atoms with Gasteiger partial charge in [-0.3, -0.25) is 0 Å². The molecule has 0 bridgehead atoms. The van der Waals surface area contributed by atoms with Crippen molar-refractivity contribution in [3.63, 3.8) is 0 Å². The Labute approximate surface area is 120 Å². The van der Waals surface area contributed by atoms with Crippen LogP contribution in [0.5, 0.6) is 0 Å². The summed E-state index contributed by atoms with van der Waals surface area (Å²) < 4.78 is 0. The highest BCUT2D eigenvalue weighted by molar-refractivity contribution is 5.64. The van der Waals surface area contributed by atoms with Crippen LogP contribution in [-0.2, 0) is 0 Å². The van der Waals surface area contributed by atoms with Gasteiger partial charge in [-0.25, -0.2) is 4.98 Å². The van der Waals surface area contributed by atoms with Crippen LogP contribution in [0.1, 0.15) is 25.1 Å². The third kappa shape index (κ3) is 3.07. The van der Waals surface area contributed by atoms with Gasteiger partial charge in [0.1, 0.15) is 5.82 Å². The highest BCUT2D eigenvalue weighted by Gasteiger charge is 2.12. The first-order chi connectivity index (χ1) is 9.65. The van der Waals surface area contributed by atoms with Gasteiger partial charge in [0.25, 0.3) is 0 Å². The minimum Gasteiger partial charge on any atom is -0.354 e. The summed E-state index contributed by atoms with van der Waals surface area (Å²) in [6, 6.07) is 10.4. The van der Waals surface area contributed by atoms with Crippen molar-refractivity contribution in [3.05, 3.63) is 41.6 Å². The van der Waals surface area contributed by atoms with E-state index >= 15 is 0 Å². The Morgan fingerprint density at radius 1 is 1.10 bits per heavy atom. The molecule has 1 aromatic heterocycles. The molecular weight excluding hydrogens is 248 g/mol. The van der Waals surface area contributed by atoms with Gasteiger partial charge in [0.05, 0.1) is 0 Å². The van der Waals surface area contributed by atoms with E-state index in [9.17, 15) is 0 Å². The molecule has 106 valence electrons. The standard InChI is InChI=1S/C16H22N4/c1-5-17-16-18-13(4)11-15(19-16)20(6-2)14-10-8-7-9-12(14)3/h7-11H,5-6H2,1-4H3,(H,17,18,19). The molecule has 0 saturated heterocycles. The smallest absolute Gasteiger partial charge is 0.224 e. The molecule has 2 rings (SSSR count). The molecule has 0 amide bonds. The SMILES string of the molecule is CCNc1nc(C)cc(N(CC)c2ccccc2C)n1. The van der Waals surface area contributed by atoms with Gasteiger partial charge in [-0.05, 0) is 39.3 Å². The fraction of sp³-hybridized carbons (Fsp3) is 0.375. The largest absolute Gasteiger partial charge is 0.354 e. The number of nitrogens with one attached hydrogen (secondary N) is 1. The lowest BCUT2D eigenvalue weighted by Crippen LogP contribution is -2.19. The lowest BCUT2D eigenvalue weighted by atomic mass is 10.2. The quantitative estimate of drug-likeness (QED) is 0.899. The molecule has 1 N–H and O–H groups in total. The maximum absolute atomic E-state index is 4.62. The lowest BCUT2D eigenvalue weighted by Gasteiger charge is -2.24. The van der Waals surface area contributed by atoms with Gasteiger partial charge < -0.3 is 10.2 Å². The maximum atomic E-state index is 4.62. The number of rotatable bonds is 5. The number of hydrogen-bond acceptors (Lipinski definition) is 4. The molecule has 4 heteroatoms. The van der Waals surface area contributed by atoms with E-state index in [2.05, 4.69) is 58.3 Å². The van der Waals surface area contributed by atoms with Crippen molar-refractivity contribution < 1.29 is 0 Å². The van der Waals surface area contributed by atoms with Gasteiger partial charge >= 0.3 is 0 Å². The first kappa shape index (κ1) is 14.3. The average Bonchev–Trinajstić information content (AvgIpc) is 2.41. The normalized spacial score (nSPS) is 10.4. The fourth-order valence-corrected chi connectivity index (χ4v) is 2.25. The third-order valence-electron chi connectivity index (χ3n) is 3.17. The van der Waals surface area contributed by atoms with Crippen LogP contribution in [0.15, 0.2) is 30.3 Å². The summed E-state index contributed by atoms with van der Waals surface area (Å²) in [6.45, 7) is 9.99. The summed E-state index contributed by atoms with van der Waals surface area (Å²) in [4.78, 5) is 11.2. The molecule has 1 aromatic carbocycles. The molecule has 0 unspecified atom stereocenters. The first-order valence-corrected chi connectivity index (χ1v) is 7.08. The zero-order chi connectivity index (χ0) is 14.5. The van der Waals surface area contributed by atoms with Crippen LogP contribution in [0, 0.1) is 13.8 Å². The molecule has 0 atom stereocenters. The van der Waals surface area contributed by atoms with Gasteiger partial charge in [-0.2, -0.15) is 4.98 Å². The monoisotopic (exact) mass is 270 g/mol. The zero-order valence-corrected chi connectivity index (χ0v) is 12.6. The minimum absolute atomic E-state index is 0.689. The van der Waals surface area contributed by atoms with E-state index in [1.165, 1.54) is 11.3 Å². The summed E-state index contributed by atoms with van der Waals surface area (Å²) >= 11 is 0. The molecule has 1 heterocycles. The number of para-hydroxylation sites is 1. The van der Waals surface area contributed by atoms with Crippen molar-refractivity contribution in [2.24, 2.45) is 0 Å². The number of hydrogen-bond donors (Lipinski definition) is 1. The Hall–Kier alpha value is -2.10. The predicted octanol–water partition coefficient (Wildman–Crippen LogP) is 3.68. The molecule has 0 aliphatic carbocycles. The van der Waals surface area contributed by atoms with Gasteiger partial charge in [-0.15, -0.1) is 0 Å². The van der Waals surface area contributed by atoms with E-state index in [1.807, 2.05) is 19.9 Å². The summed E-state index contributed by atoms with van der Waals surface area (Å²) in [5.74, 6) is 1.62. The molecular formula is C16H22N4. The number of anilines is 3. The molecule has 0 radical (unpaired) electrons. The van der Waals surface area contributed by atoms with Crippen LogP contribution in [0.25, 0.3) is 0 Å². The zero-order valence-electron chi connectivity index (χ0n) is 12.6. The summed E-state index contributed by atoms with van der Waals surface area (Å²) in [5.41, 5.74) is 3.41. The van der Waals surface area contributed by atoms with Crippen molar-refractivity contribution in [1.29, 1.82) is 0 Å². The van der Waals surface area contributed by atoms with Crippen molar-refractivity contribution in [1.82, 2.24) is 9.97 Å². The van der Waals surface area contributed by atoms with Crippen LogP contribution >= 0.6 is 0 Å². The highest BCUT2D eigenvalue weighted by atomic mass is 15.2. The van der Waals surface area contributed by atoms with Crippen molar-refractivity contribution >= 4 is 17.5 Å². The number of benzene rings is 1. The van der Waals surface area contributed by atoms with Gasteiger partial charge in [-0.1, -0.05) is 18.2 Å². The van der Waals surface area contributed by atoms with Crippen LogP contribution in [0.3, 0.4) is 0 Å². The van der Waals surface area contributed by atoms with Gasteiger partial charge in [0, 0.05) is 30.5 Å². The second kappa shape index (κ2) is 6.37. The molecule has 0 aliphatic heterocycles. The van der Waals surface area contributed by atoms with E-state index in [4.69, 9.17) is 0 Å². The van der Waals surface area contributed by atoms with E-state index in [0.717, 1.165) is 24.6 Å². The molecule has 0 spiro atoms. The topological polar surface area (TPSA) is 41.1 Å². The highest BCUT2D eigenvalue weighted by Crippen LogP contribution is 2.27. The van der Waals surface area contributed by atoms with Crippen molar-refractivity contribution in [2.45, 2.75) is 27.7 Å². The number of aromatic nitrogens is 2. The van der Waals surface area contributed by atoms with Crippen molar-refractivity contribution in [2.75, 3.05) is 23.3 Å². The Balaban J connectivity index is 2.44. The van der Waals surface area contributed by atoms with Crippen LogP contribution in [0.2, 0.25) is 0 Å². The summed E-state index contributed by atoms with van der Waals surface area (Å²) in [5, 5.41) is 3.18. The summed E-state index contributed by atoms with van der Waals surface area (Å²) in [6.07, 6.45) is 0. The molecule has 0 fully saturated rings. The second-order valence-electron chi connectivity index (χ2n) is 4.75. The lowest BCUT2D eigenvalue weighted by molar-refractivity contribution is 0.955. The maximum Gasteiger partial charge on any atom is 0.224 e. The Morgan fingerprint density at radius 2 is 1.85 bits per heavy atom. The van der Waals surface area contributed by atoms with Crippen LogP contribution in [-0.4, -0.2) is 23.1 Å². The average molecular weight is 270 g/mol. The summed E-state index contributed by atoms with van der Waals surface area (Å²) in [7, 11) is 0. The Morgan fingerprint density at radius 3 is 2.50 bits per heavy atom. The van der Waals surface area contributed by atoms with E-state index in [-0.39, 0.29) is 0 Å². The van der Waals surface area contributed by atoms with Gasteiger partial charge in [0.15, 0.2) is 0 Å². The predicted molar refractivity (Wildman–Crippen MR) is 84.8 cm³/mol. The minimum atomic E-state index is 0.689. The van der Waals surface area contributed by atoms with E-state index < -0.39 is 0 Å². The first-order valence-electron chi connectivity index (χ1n) is 7.08. The van der Waals surface area contributed by atoms with Crippen LogP contribution < -0.4 is 10.2 Å². The van der Waals surface area contributed by atoms with Gasteiger partial charge in [0.2, 0.25) is 5.95 Å².